The highest BCUT2D eigenvalue weighted by Gasteiger charge is 2.15. The fraction of sp³-hybridized carbons (Fsp3) is 0.385. The van der Waals surface area contributed by atoms with Crippen LogP contribution in [-0.2, 0) is 0 Å². The molecule has 0 bridgehead atoms. The van der Waals surface area contributed by atoms with Gasteiger partial charge in [0.05, 0.1) is 6.54 Å². The average Bonchev–Trinajstić information content (AvgIpc) is 2.26. The Morgan fingerprint density at radius 1 is 1.59 bits per heavy atom. The van der Waals surface area contributed by atoms with Gasteiger partial charge in [0.1, 0.15) is 5.15 Å². The van der Waals surface area contributed by atoms with Crippen molar-refractivity contribution in [1.82, 2.24) is 9.88 Å². The van der Waals surface area contributed by atoms with Crippen molar-refractivity contribution in [2.45, 2.75) is 20.3 Å². The third-order valence-electron chi connectivity index (χ3n) is 2.23. The highest BCUT2D eigenvalue weighted by atomic mass is 35.5. The maximum absolute atomic E-state index is 12.2. The molecular formula is C13H15ClN2O. The van der Waals surface area contributed by atoms with Crippen LogP contribution in [0.2, 0.25) is 5.15 Å². The molecule has 0 aliphatic heterocycles. The summed E-state index contributed by atoms with van der Waals surface area (Å²) in [5.41, 5.74) is 1.25. The molecule has 1 aromatic heterocycles. The van der Waals surface area contributed by atoms with Crippen molar-refractivity contribution in [3.05, 3.63) is 28.5 Å². The van der Waals surface area contributed by atoms with Gasteiger partial charge in [-0.3, -0.25) is 4.79 Å². The molecule has 0 fully saturated rings. The number of carbonyl (C=O) groups is 1. The molecule has 0 aliphatic rings. The number of amides is 1. The van der Waals surface area contributed by atoms with E-state index < -0.39 is 0 Å². The summed E-state index contributed by atoms with van der Waals surface area (Å²) >= 11 is 5.83. The van der Waals surface area contributed by atoms with E-state index in [9.17, 15) is 4.79 Å². The lowest BCUT2D eigenvalue weighted by Crippen LogP contribution is -2.32. The molecule has 0 aliphatic carbocycles. The molecule has 0 saturated heterocycles. The zero-order chi connectivity index (χ0) is 12.8. The van der Waals surface area contributed by atoms with Crippen LogP contribution < -0.4 is 0 Å². The van der Waals surface area contributed by atoms with Crippen LogP contribution in [0, 0.1) is 19.3 Å². The van der Waals surface area contributed by atoms with Crippen molar-refractivity contribution < 1.29 is 4.79 Å². The first-order chi connectivity index (χ1) is 8.08. The number of nitrogens with zero attached hydrogens (tertiary/aromatic N) is 2. The van der Waals surface area contributed by atoms with Crippen molar-refractivity contribution in [3.63, 3.8) is 0 Å². The van der Waals surface area contributed by atoms with Crippen LogP contribution in [0.3, 0.4) is 0 Å². The normalized spacial score (nSPS) is 9.76. The summed E-state index contributed by atoms with van der Waals surface area (Å²) in [5, 5.41) is 0.325. The summed E-state index contributed by atoms with van der Waals surface area (Å²) in [6, 6.07) is 3.28. The molecular weight excluding hydrogens is 236 g/mol. The second-order valence-electron chi connectivity index (χ2n) is 3.75. The Labute approximate surface area is 107 Å². The second kappa shape index (κ2) is 6.27. The Balaban J connectivity index is 2.96. The van der Waals surface area contributed by atoms with Gasteiger partial charge >= 0.3 is 0 Å². The van der Waals surface area contributed by atoms with E-state index in [1.54, 1.807) is 24.0 Å². The van der Waals surface area contributed by atoms with Crippen LogP contribution in [0.25, 0.3) is 0 Å². The predicted molar refractivity (Wildman–Crippen MR) is 69.0 cm³/mol. The molecule has 1 amide bonds. The van der Waals surface area contributed by atoms with Gasteiger partial charge in [-0.25, -0.2) is 4.98 Å². The van der Waals surface area contributed by atoms with Gasteiger partial charge in [0, 0.05) is 17.8 Å². The van der Waals surface area contributed by atoms with E-state index in [0.717, 1.165) is 12.1 Å². The monoisotopic (exact) mass is 250 g/mol. The topological polar surface area (TPSA) is 33.2 Å². The SMILES string of the molecule is C#CCN(CCC)C(=O)c1cc(C)nc(Cl)c1. The zero-order valence-corrected chi connectivity index (χ0v) is 10.8. The van der Waals surface area contributed by atoms with Crippen LogP contribution in [0.1, 0.15) is 29.4 Å². The molecule has 1 heterocycles. The van der Waals surface area contributed by atoms with Crippen molar-refractivity contribution >= 4 is 17.5 Å². The predicted octanol–water partition coefficient (Wildman–Crippen LogP) is 2.53. The molecule has 3 nitrogen and oxygen atoms in total. The van der Waals surface area contributed by atoms with Gasteiger partial charge in [0.15, 0.2) is 0 Å². The molecule has 0 aromatic carbocycles. The number of terminal acetylenes is 1. The van der Waals surface area contributed by atoms with Crippen LogP contribution in [0.15, 0.2) is 12.1 Å². The largest absolute Gasteiger partial charge is 0.328 e. The minimum Gasteiger partial charge on any atom is -0.328 e. The maximum Gasteiger partial charge on any atom is 0.254 e. The van der Waals surface area contributed by atoms with E-state index in [-0.39, 0.29) is 5.91 Å². The number of halogens is 1. The number of carbonyl (C=O) groups excluding carboxylic acids is 1. The fourth-order valence-electron chi connectivity index (χ4n) is 1.57. The molecule has 0 atom stereocenters. The Morgan fingerprint density at radius 3 is 2.82 bits per heavy atom. The van der Waals surface area contributed by atoms with E-state index in [2.05, 4.69) is 10.9 Å². The average molecular weight is 251 g/mol. The van der Waals surface area contributed by atoms with Crippen LogP contribution in [0.5, 0.6) is 0 Å². The first-order valence-electron chi connectivity index (χ1n) is 5.45. The van der Waals surface area contributed by atoms with Gasteiger partial charge in [-0.1, -0.05) is 24.4 Å². The molecule has 0 unspecified atom stereocenters. The molecule has 4 heteroatoms. The quantitative estimate of drug-likeness (QED) is 0.608. The van der Waals surface area contributed by atoms with E-state index in [1.807, 2.05) is 6.92 Å². The third kappa shape index (κ3) is 3.76. The van der Waals surface area contributed by atoms with E-state index in [0.29, 0.717) is 23.8 Å². The highest BCUT2D eigenvalue weighted by Crippen LogP contribution is 2.12. The van der Waals surface area contributed by atoms with Gasteiger partial charge in [0.2, 0.25) is 0 Å². The summed E-state index contributed by atoms with van der Waals surface area (Å²) in [4.78, 5) is 17.8. The summed E-state index contributed by atoms with van der Waals surface area (Å²) in [6.45, 7) is 4.75. The number of aromatic nitrogens is 1. The van der Waals surface area contributed by atoms with Crippen molar-refractivity contribution in [1.29, 1.82) is 0 Å². The minimum absolute atomic E-state index is 0.0998. The fourth-order valence-corrected chi connectivity index (χ4v) is 1.82. The lowest BCUT2D eigenvalue weighted by molar-refractivity contribution is 0.0776. The number of pyridine rings is 1. The molecule has 1 aromatic rings. The van der Waals surface area contributed by atoms with Gasteiger partial charge in [-0.2, -0.15) is 0 Å². The summed E-state index contributed by atoms with van der Waals surface area (Å²) in [6.07, 6.45) is 6.12. The molecule has 0 radical (unpaired) electrons. The van der Waals surface area contributed by atoms with Crippen molar-refractivity contribution in [3.8, 4) is 12.3 Å². The van der Waals surface area contributed by atoms with E-state index in [4.69, 9.17) is 18.0 Å². The molecule has 0 spiro atoms. The van der Waals surface area contributed by atoms with Crippen LogP contribution in [-0.4, -0.2) is 28.9 Å². The molecule has 90 valence electrons. The van der Waals surface area contributed by atoms with Gasteiger partial charge in [-0.05, 0) is 25.5 Å². The lowest BCUT2D eigenvalue weighted by atomic mass is 10.2. The Kier molecular flexibility index (Phi) is 4.99. The minimum atomic E-state index is -0.0998. The van der Waals surface area contributed by atoms with Gasteiger partial charge in [0.25, 0.3) is 5.91 Å². The summed E-state index contributed by atoms with van der Waals surface area (Å²) in [5.74, 6) is 2.39. The number of aryl methyl sites for hydroxylation is 1. The smallest absolute Gasteiger partial charge is 0.254 e. The second-order valence-corrected chi connectivity index (χ2v) is 4.14. The Hall–Kier alpha value is -1.53. The standard InChI is InChI=1S/C13H15ClN2O/c1-4-6-16(7-5-2)13(17)11-8-10(3)15-12(14)9-11/h1,8-9H,5-7H2,2-3H3. The first-order valence-corrected chi connectivity index (χ1v) is 5.83. The van der Waals surface area contributed by atoms with Crippen molar-refractivity contribution in [2.24, 2.45) is 0 Å². The van der Waals surface area contributed by atoms with Crippen LogP contribution >= 0.6 is 11.6 Å². The Bertz CT molecular complexity index is 431. The number of rotatable bonds is 4. The van der Waals surface area contributed by atoms with Gasteiger partial charge in [-0.15, -0.1) is 6.42 Å². The summed E-state index contributed by atoms with van der Waals surface area (Å²) < 4.78 is 0. The Morgan fingerprint density at radius 2 is 2.29 bits per heavy atom. The van der Waals surface area contributed by atoms with E-state index in [1.165, 1.54) is 0 Å². The highest BCUT2D eigenvalue weighted by molar-refractivity contribution is 6.29. The molecule has 1 rings (SSSR count). The molecule has 17 heavy (non-hydrogen) atoms. The van der Waals surface area contributed by atoms with Gasteiger partial charge < -0.3 is 4.90 Å². The summed E-state index contributed by atoms with van der Waals surface area (Å²) in [7, 11) is 0. The molecule has 0 N–H and O–H groups in total. The molecule has 0 saturated carbocycles. The third-order valence-corrected chi connectivity index (χ3v) is 2.43. The van der Waals surface area contributed by atoms with Crippen LogP contribution in [0.4, 0.5) is 0 Å². The number of hydrogen-bond acceptors (Lipinski definition) is 2. The van der Waals surface area contributed by atoms with Crippen molar-refractivity contribution in [2.75, 3.05) is 13.1 Å². The zero-order valence-electron chi connectivity index (χ0n) is 10.0. The number of hydrogen-bond donors (Lipinski definition) is 0. The van der Waals surface area contributed by atoms with E-state index >= 15 is 0 Å². The first kappa shape index (κ1) is 13.5. The maximum atomic E-state index is 12.2. The lowest BCUT2D eigenvalue weighted by Gasteiger charge is -2.19.